The number of nitrogens with zero attached hydrogens (tertiary/aromatic N) is 1. The molecule has 0 saturated carbocycles. The van der Waals surface area contributed by atoms with Gasteiger partial charge < -0.3 is 4.57 Å². The molecular weight excluding hydrogens is 258 g/mol. The molecule has 0 radical (unpaired) electrons. The van der Waals surface area contributed by atoms with Gasteiger partial charge in [-0.3, -0.25) is 4.79 Å². The standard InChI is InChI=1S/C16H18ClNO/c1-4-15(13-7-5-11(2)6-8-13)18-10-14(17)9-12(3)16(18)19/h5-10,15H,4H2,1-3H3. The van der Waals surface area contributed by atoms with Gasteiger partial charge in [0.05, 0.1) is 11.1 Å². The molecule has 100 valence electrons. The molecule has 19 heavy (non-hydrogen) atoms. The van der Waals surface area contributed by atoms with Gasteiger partial charge in [-0.05, 0) is 31.9 Å². The average Bonchev–Trinajstić information content (AvgIpc) is 2.38. The first kappa shape index (κ1) is 13.9. The number of halogens is 1. The molecule has 2 rings (SSSR count). The molecule has 3 heteroatoms. The van der Waals surface area contributed by atoms with Crippen LogP contribution in [0.3, 0.4) is 0 Å². The Hall–Kier alpha value is -1.54. The smallest absolute Gasteiger partial charge is 0.254 e. The molecule has 0 spiro atoms. The van der Waals surface area contributed by atoms with Crippen LogP contribution in [-0.2, 0) is 0 Å². The van der Waals surface area contributed by atoms with E-state index < -0.39 is 0 Å². The zero-order valence-corrected chi connectivity index (χ0v) is 12.2. The van der Waals surface area contributed by atoms with Crippen molar-refractivity contribution in [3.63, 3.8) is 0 Å². The first-order valence-corrected chi connectivity index (χ1v) is 6.85. The molecule has 0 aliphatic heterocycles. The van der Waals surface area contributed by atoms with Gasteiger partial charge in [0.2, 0.25) is 0 Å². The Morgan fingerprint density at radius 3 is 2.42 bits per heavy atom. The number of hydrogen-bond donors (Lipinski definition) is 0. The molecule has 1 aromatic heterocycles. The molecule has 0 aliphatic carbocycles. The normalized spacial score (nSPS) is 12.4. The van der Waals surface area contributed by atoms with E-state index in [9.17, 15) is 4.79 Å². The Bertz CT molecular complexity index is 628. The van der Waals surface area contributed by atoms with Crippen molar-refractivity contribution in [3.05, 3.63) is 68.6 Å². The maximum absolute atomic E-state index is 12.3. The minimum atomic E-state index is 0.0248. The van der Waals surface area contributed by atoms with Gasteiger partial charge in [-0.15, -0.1) is 0 Å². The van der Waals surface area contributed by atoms with Crippen molar-refractivity contribution >= 4 is 11.6 Å². The summed E-state index contributed by atoms with van der Waals surface area (Å²) in [6.45, 7) is 5.93. The van der Waals surface area contributed by atoms with Gasteiger partial charge in [-0.1, -0.05) is 48.4 Å². The molecule has 1 atom stereocenters. The lowest BCUT2D eigenvalue weighted by atomic mass is 10.0. The fraction of sp³-hybridized carbons (Fsp3) is 0.312. The summed E-state index contributed by atoms with van der Waals surface area (Å²) in [4.78, 5) is 12.3. The van der Waals surface area contributed by atoms with Crippen LogP contribution in [0.25, 0.3) is 0 Å². The maximum Gasteiger partial charge on any atom is 0.254 e. The summed E-state index contributed by atoms with van der Waals surface area (Å²) in [5, 5.41) is 0.600. The van der Waals surface area contributed by atoms with Gasteiger partial charge in [-0.2, -0.15) is 0 Å². The fourth-order valence-electron chi connectivity index (χ4n) is 2.31. The largest absolute Gasteiger partial charge is 0.306 e. The van der Waals surface area contributed by atoms with E-state index in [2.05, 4.69) is 38.1 Å². The van der Waals surface area contributed by atoms with E-state index in [4.69, 9.17) is 11.6 Å². The molecule has 2 aromatic rings. The summed E-state index contributed by atoms with van der Waals surface area (Å²) in [6, 6.07) is 10.0. The number of benzene rings is 1. The maximum atomic E-state index is 12.3. The Kier molecular flexibility index (Phi) is 4.11. The molecule has 0 N–H and O–H groups in total. The Morgan fingerprint density at radius 2 is 1.84 bits per heavy atom. The molecule has 1 heterocycles. The van der Waals surface area contributed by atoms with Crippen molar-refractivity contribution in [1.82, 2.24) is 4.57 Å². The minimum absolute atomic E-state index is 0.0248. The summed E-state index contributed by atoms with van der Waals surface area (Å²) in [7, 11) is 0. The quantitative estimate of drug-likeness (QED) is 0.826. The lowest BCUT2D eigenvalue weighted by Crippen LogP contribution is -2.26. The number of hydrogen-bond acceptors (Lipinski definition) is 1. The summed E-state index contributed by atoms with van der Waals surface area (Å²) >= 11 is 6.08. The number of rotatable bonds is 3. The van der Waals surface area contributed by atoms with Crippen molar-refractivity contribution in [2.45, 2.75) is 33.2 Å². The highest BCUT2D eigenvalue weighted by molar-refractivity contribution is 6.30. The van der Waals surface area contributed by atoms with Crippen LogP contribution in [0, 0.1) is 13.8 Å². The minimum Gasteiger partial charge on any atom is -0.306 e. The zero-order chi connectivity index (χ0) is 14.0. The molecular formula is C16H18ClNO. The van der Waals surface area contributed by atoms with Crippen LogP contribution in [0.4, 0.5) is 0 Å². The molecule has 1 unspecified atom stereocenters. The van der Waals surface area contributed by atoms with E-state index in [1.165, 1.54) is 5.56 Å². The highest BCUT2D eigenvalue weighted by Crippen LogP contribution is 2.22. The molecule has 1 aromatic carbocycles. The van der Waals surface area contributed by atoms with Gasteiger partial charge in [-0.25, -0.2) is 0 Å². The lowest BCUT2D eigenvalue weighted by Gasteiger charge is -2.20. The monoisotopic (exact) mass is 275 g/mol. The third kappa shape index (κ3) is 2.90. The van der Waals surface area contributed by atoms with Gasteiger partial charge in [0.25, 0.3) is 5.56 Å². The second-order valence-electron chi connectivity index (χ2n) is 4.89. The van der Waals surface area contributed by atoms with Crippen LogP contribution in [0.5, 0.6) is 0 Å². The summed E-state index contributed by atoms with van der Waals surface area (Å²) in [5.41, 5.74) is 3.06. The first-order valence-electron chi connectivity index (χ1n) is 6.47. The summed E-state index contributed by atoms with van der Waals surface area (Å²) in [6.07, 6.45) is 2.58. The first-order chi connectivity index (χ1) is 9.02. The van der Waals surface area contributed by atoms with Crippen molar-refractivity contribution in [1.29, 1.82) is 0 Å². The van der Waals surface area contributed by atoms with Gasteiger partial charge in [0.15, 0.2) is 0 Å². The van der Waals surface area contributed by atoms with Gasteiger partial charge in [0, 0.05) is 11.8 Å². The Labute approximate surface area is 118 Å². The molecule has 2 nitrogen and oxygen atoms in total. The summed E-state index contributed by atoms with van der Waals surface area (Å²) in [5.74, 6) is 0. The van der Waals surface area contributed by atoms with Crippen molar-refractivity contribution in [2.24, 2.45) is 0 Å². The van der Waals surface area contributed by atoms with Crippen molar-refractivity contribution in [3.8, 4) is 0 Å². The fourth-order valence-corrected chi connectivity index (χ4v) is 2.58. The third-order valence-electron chi connectivity index (χ3n) is 3.37. The topological polar surface area (TPSA) is 22.0 Å². The van der Waals surface area contributed by atoms with Crippen LogP contribution in [0.15, 0.2) is 41.3 Å². The molecule has 0 fully saturated rings. The van der Waals surface area contributed by atoms with E-state index in [1.807, 2.05) is 0 Å². The Morgan fingerprint density at radius 1 is 1.21 bits per heavy atom. The lowest BCUT2D eigenvalue weighted by molar-refractivity contribution is 0.546. The predicted molar refractivity (Wildman–Crippen MR) is 80.1 cm³/mol. The van der Waals surface area contributed by atoms with Crippen LogP contribution in [-0.4, -0.2) is 4.57 Å². The van der Waals surface area contributed by atoms with E-state index in [-0.39, 0.29) is 11.6 Å². The SMILES string of the molecule is CCC(c1ccc(C)cc1)n1cc(Cl)cc(C)c1=O. The predicted octanol–water partition coefficient (Wildman–Crippen LogP) is 4.12. The second-order valence-corrected chi connectivity index (χ2v) is 5.32. The van der Waals surface area contributed by atoms with E-state index in [1.54, 1.807) is 23.8 Å². The van der Waals surface area contributed by atoms with Gasteiger partial charge in [0.1, 0.15) is 0 Å². The van der Waals surface area contributed by atoms with Crippen molar-refractivity contribution < 1.29 is 0 Å². The van der Waals surface area contributed by atoms with Crippen LogP contribution >= 0.6 is 11.6 Å². The van der Waals surface area contributed by atoms with Gasteiger partial charge >= 0.3 is 0 Å². The molecule has 0 amide bonds. The number of aryl methyl sites for hydroxylation is 2. The van der Waals surface area contributed by atoms with E-state index >= 15 is 0 Å². The van der Waals surface area contributed by atoms with Crippen molar-refractivity contribution in [2.75, 3.05) is 0 Å². The van der Waals surface area contributed by atoms with Crippen LogP contribution < -0.4 is 5.56 Å². The average molecular weight is 276 g/mol. The summed E-state index contributed by atoms with van der Waals surface area (Å²) < 4.78 is 1.74. The Balaban J connectivity index is 2.54. The van der Waals surface area contributed by atoms with E-state index in [0.717, 1.165) is 12.0 Å². The molecule has 0 saturated heterocycles. The molecule has 0 aliphatic rings. The highest BCUT2D eigenvalue weighted by atomic mass is 35.5. The second kappa shape index (κ2) is 5.62. The van der Waals surface area contributed by atoms with Crippen LogP contribution in [0.1, 0.15) is 36.1 Å². The number of aromatic nitrogens is 1. The molecule has 0 bridgehead atoms. The zero-order valence-electron chi connectivity index (χ0n) is 11.5. The third-order valence-corrected chi connectivity index (χ3v) is 3.58. The number of pyridine rings is 1. The highest BCUT2D eigenvalue weighted by Gasteiger charge is 2.14. The van der Waals surface area contributed by atoms with Crippen LogP contribution in [0.2, 0.25) is 5.02 Å². The van der Waals surface area contributed by atoms with E-state index in [0.29, 0.717) is 10.6 Å².